The Hall–Kier alpha value is -1.47. The van der Waals surface area contributed by atoms with Crippen molar-refractivity contribution in [2.24, 2.45) is 5.73 Å². The van der Waals surface area contributed by atoms with E-state index in [1.165, 1.54) is 4.90 Å². The molecule has 0 aliphatic carbocycles. The van der Waals surface area contributed by atoms with Gasteiger partial charge in [-0.1, -0.05) is 0 Å². The summed E-state index contributed by atoms with van der Waals surface area (Å²) in [7, 11) is -4.79. The second-order valence-electron chi connectivity index (χ2n) is 5.95. The highest BCUT2D eigenvalue weighted by Gasteiger charge is 2.49. The molecular weight excluding hydrogens is 330 g/mol. The summed E-state index contributed by atoms with van der Waals surface area (Å²) in [6.07, 6.45) is 0.772. The minimum atomic E-state index is -4.79. The van der Waals surface area contributed by atoms with Crippen molar-refractivity contribution in [2.75, 3.05) is 19.6 Å². The number of fused-ring (bicyclic) bond motifs is 2. The normalized spacial score (nSPS) is 34.1. The van der Waals surface area contributed by atoms with E-state index in [9.17, 15) is 18.0 Å². The first-order chi connectivity index (χ1) is 10.8. The van der Waals surface area contributed by atoms with Crippen LogP contribution in [0.4, 0.5) is 4.79 Å². The number of urea groups is 1. The average Bonchev–Trinajstić information content (AvgIpc) is 2.96. The highest BCUT2D eigenvalue weighted by molar-refractivity contribution is 7.80. The van der Waals surface area contributed by atoms with Crippen LogP contribution in [0, 0.1) is 0 Å². The molecule has 3 saturated heterocycles. The zero-order chi connectivity index (χ0) is 16.8. The molecule has 11 nitrogen and oxygen atoms in total. The molecule has 5 N–H and O–H groups in total. The zero-order valence-corrected chi connectivity index (χ0v) is 13.0. The number of carbonyl (C=O) groups excluding carboxylic acids is 2. The Kier molecular flexibility index (Phi) is 4.18. The van der Waals surface area contributed by atoms with Crippen LogP contribution in [-0.2, 0) is 19.5 Å². The van der Waals surface area contributed by atoms with Crippen LogP contribution in [0.3, 0.4) is 0 Å². The summed E-state index contributed by atoms with van der Waals surface area (Å²) in [5.41, 5.74) is 5.87. The van der Waals surface area contributed by atoms with E-state index >= 15 is 0 Å². The lowest BCUT2D eigenvalue weighted by molar-refractivity contribution is -0.126. The van der Waals surface area contributed by atoms with Gasteiger partial charge in [-0.2, -0.15) is 13.5 Å². The summed E-state index contributed by atoms with van der Waals surface area (Å²) in [5.74, 6) is -0.324. The fourth-order valence-electron chi connectivity index (χ4n) is 3.24. The second-order valence-corrected chi connectivity index (χ2v) is 6.95. The Morgan fingerprint density at radius 3 is 2.74 bits per heavy atom. The molecule has 0 aromatic carbocycles. The van der Waals surface area contributed by atoms with Crippen molar-refractivity contribution in [3.05, 3.63) is 0 Å². The van der Waals surface area contributed by atoms with Crippen molar-refractivity contribution in [3.63, 3.8) is 0 Å². The molecule has 3 heterocycles. The Morgan fingerprint density at radius 1 is 1.39 bits per heavy atom. The molecule has 3 amide bonds. The number of amides is 3. The fraction of sp³-hybridized carbons (Fsp3) is 0.818. The van der Waals surface area contributed by atoms with Gasteiger partial charge in [0, 0.05) is 25.7 Å². The number of piperidine rings is 1. The van der Waals surface area contributed by atoms with Gasteiger partial charge in [0.2, 0.25) is 5.91 Å². The largest absolute Gasteiger partial charge is 0.418 e. The summed E-state index contributed by atoms with van der Waals surface area (Å²) in [4.78, 5) is 25.9. The predicted molar refractivity (Wildman–Crippen MR) is 76.2 cm³/mol. The molecule has 3 fully saturated rings. The van der Waals surface area contributed by atoms with E-state index in [1.54, 1.807) is 0 Å². The zero-order valence-electron chi connectivity index (χ0n) is 12.2. The van der Waals surface area contributed by atoms with Crippen LogP contribution in [0.15, 0.2) is 0 Å². The molecule has 3 aliphatic rings. The monoisotopic (exact) mass is 349 g/mol. The van der Waals surface area contributed by atoms with Gasteiger partial charge in [-0.25, -0.2) is 4.79 Å². The molecule has 3 aliphatic heterocycles. The third-order valence-corrected chi connectivity index (χ3v) is 4.74. The van der Waals surface area contributed by atoms with E-state index in [0.29, 0.717) is 31.0 Å². The molecule has 130 valence electrons. The summed E-state index contributed by atoms with van der Waals surface area (Å²) >= 11 is 0. The molecule has 0 aromatic rings. The van der Waals surface area contributed by atoms with Crippen molar-refractivity contribution in [1.82, 2.24) is 20.6 Å². The van der Waals surface area contributed by atoms with Crippen LogP contribution in [0.1, 0.15) is 12.8 Å². The minimum Gasteiger partial charge on any atom is -0.349 e. The van der Waals surface area contributed by atoms with Crippen molar-refractivity contribution >= 4 is 22.3 Å². The van der Waals surface area contributed by atoms with E-state index in [0.717, 1.165) is 0 Å². The van der Waals surface area contributed by atoms with E-state index in [2.05, 4.69) is 14.9 Å². The molecular formula is C11H19N5O6S. The van der Waals surface area contributed by atoms with Gasteiger partial charge in [0.15, 0.2) is 0 Å². The molecule has 4 atom stereocenters. The summed E-state index contributed by atoms with van der Waals surface area (Å²) in [6.45, 7) is 1.34. The van der Waals surface area contributed by atoms with Crippen molar-refractivity contribution in [3.8, 4) is 0 Å². The molecule has 0 aromatic heterocycles. The average molecular weight is 349 g/mol. The van der Waals surface area contributed by atoms with Gasteiger partial charge in [0.05, 0.1) is 12.1 Å². The van der Waals surface area contributed by atoms with Gasteiger partial charge in [-0.05, 0) is 12.8 Å². The van der Waals surface area contributed by atoms with Crippen LogP contribution < -0.4 is 16.4 Å². The quantitative estimate of drug-likeness (QED) is 0.403. The summed E-state index contributed by atoms with van der Waals surface area (Å²) in [6, 6.07) is -2.36. The van der Waals surface area contributed by atoms with Gasteiger partial charge in [0.1, 0.15) is 6.04 Å². The predicted octanol–water partition coefficient (Wildman–Crippen LogP) is -2.60. The number of hydrogen-bond donors (Lipinski definition) is 4. The third-order valence-electron chi connectivity index (χ3n) is 4.39. The lowest BCUT2D eigenvalue weighted by Gasteiger charge is -2.30. The van der Waals surface area contributed by atoms with Gasteiger partial charge in [-0.15, -0.1) is 4.28 Å². The maximum absolute atomic E-state index is 12.4. The van der Waals surface area contributed by atoms with Crippen LogP contribution in [0.5, 0.6) is 0 Å². The lowest BCUT2D eigenvalue weighted by atomic mass is 10.00. The lowest BCUT2D eigenvalue weighted by Crippen LogP contribution is -2.55. The van der Waals surface area contributed by atoms with Gasteiger partial charge >= 0.3 is 16.4 Å². The first-order valence-corrected chi connectivity index (χ1v) is 8.66. The summed E-state index contributed by atoms with van der Waals surface area (Å²) < 4.78 is 34.7. The van der Waals surface area contributed by atoms with Crippen LogP contribution in [0.2, 0.25) is 0 Å². The van der Waals surface area contributed by atoms with Gasteiger partial charge in [0.25, 0.3) is 0 Å². The fourth-order valence-corrected chi connectivity index (χ4v) is 3.63. The molecule has 0 unspecified atom stereocenters. The van der Waals surface area contributed by atoms with Crippen molar-refractivity contribution in [2.45, 2.75) is 37.0 Å². The maximum atomic E-state index is 12.4. The Balaban J connectivity index is 1.67. The smallest absolute Gasteiger partial charge is 0.349 e. The molecule has 2 bridgehead atoms. The maximum Gasteiger partial charge on any atom is 0.418 e. The van der Waals surface area contributed by atoms with Gasteiger partial charge in [-0.3, -0.25) is 9.35 Å². The van der Waals surface area contributed by atoms with Crippen molar-refractivity contribution < 1.29 is 26.8 Å². The van der Waals surface area contributed by atoms with E-state index in [4.69, 9.17) is 10.3 Å². The highest BCUT2D eigenvalue weighted by atomic mass is 32.3. The number of rotatable bonds is 4. The number of carbonyl (C=O) groups is 2. The number of hydroxylamine groups is 2. The van der Waals surface area contributed by atoms with E-state index < -0.39 is 28.5 Å². The van der Waals surface area contributed by atoms with Crippen molar-refractivity contribution in [1.29, 1.82) is 0 Å². The van der Waals surface area contributed by atoms with Gasteiger partial charge < -0.3 is 21.3 Å². The number of nitrogens with one attached hydrogen (secondary N) is 2. The Morgan fingerprint density at radius 2 is 2.13 bits per heavy atom. The highest BCUT2D eigenvalue weighted by Crippen LogP contribution is 2.30. The topological polar surface area (TPSA) is 154 Å². The second kappa shape index (κ2) is 5.87. The SMILES string of the molecule is N[C@H]1CNC[C@H]1NC(=O)[C@@H]1CC[C@@H]2CN1C(=O)N2OS(=O)(=O)O. The Bertz CT molecular complexity index is 612. The van der Waals surface area contributed by atoms with E-state index in [-0.39, 0.29) is 24.5 Å². The first-order valence-electron chi connectivity index (χ1n) is 7.30. The third kappa shape index (κ3) is 3.26. The minimum absolute atomic E-state index is 0.168. The molecule has 12 heteroatoms. The molecule has 0 radical (unpaired) electrons. The van der Waals surface area contributed by atoms with Crippen LogP contribution >= 0.6 is 0 Å². The number of nitrogens with zero attached hydrogens (tertiary/aromatic N) is 2. The molecule has 0 spiro atoms. The van der Waals surface area contributed by atoms with E-state index in [1.807, 2.05) is 0 Å². The van der Waals surface area contributed by atoms with Crippen LogP contribution in [0.25, 0.3) is 0 Å². The molecule has 23 heavy (non-hydrogen) atoms. The Labute approximate surface area is 133 Å². The molecule has 3 rings (SSSR count). The number of hydrogen-bond acceptors (Lipinski definition) is 7. The van der Waals surface area contributed by atoms with Crippen LogP contribution in [-0.4, -0.2) is 78.7 Å². The molecule has 0 saturated carbocycles. The standard InChI is InChI=1S/C11H19N5O6S/c12-7-3-13-4-8(7)14-10(17)9-2-1-6-5-15(9)11(18)16(6)22-23(19,20)21/h6-9,13H,1-5,12H2,(H,14,17)(H,19,20,21)/t6-,7+,8-,9+/m1/s1. The number of nitrogens with two attached hydrogens (primary N) is 1. The first kappa shape index (κ1) is 16.4. The summed E-state index contributed by atoms with van der Waals surface area (Å²) in [5, 5.41) is 6.50.